The summed E-state index contributed by atoms with van der Waals surface area (Å²) in [5.41, 5.74) is 8.64. The topological polar surface area (TPSA) is 81.2 Å². The molecule has 27 heavy (non-hydrogen) atoms. The third-order valence-electron chi connectivity index (χ3n) is 4.34. The fraction of sp³-hybridized carbons (Fsp3) is 0.389. The number of nitrogens with two attached hydrogens (primary N) is 1. The summed E-state index contributed by atoms with van der Waals surface area (Å²) >= 11 is 6.33. The van der Waals surface area contributed by atoms with E-state index in [0.29, 0.717) is 11.4 Å². The minimum absolute atomic E-state index is 0.0254. The molecular weight excluding hydrogens is 391 g/mol. The first-order valence-corrected chi connectivity index (χ1v) is 10.2. The molecule has 0 radical (unpaired) electrons. The Kier molecular flexibility index (Phi) is 6.80. The lowest BCUT2D eigenvalue weighted by Crippen LogP contribution is -2.22. The van der Waals surface area contributed by atoms with Crippen LogP contribution in [0.1, 0.15) is 22.5 Å². The van der Waals surface area contributed by atoms with E-state index in [0.717, 1.165) is 26.8 Å². The van der Waals surface area contributed by atoms with Gasteiger partial charge >= 0.3 is 0 Å². The van der Waals surface area contributed by atoms with Crippen molar-refractivity contribution in [2.45, 2.75) is 31.7 Å². The fourth-order valence-electron chi connectivity index (χ4n) is 2.71. The molecule has 0 saturated heterocycles. The number of rotatable bonds is 7. The van der Waals surface area contributed by atoms with E-state index in [1.54, 1.807) is 10.7 Å². The van der Waals surface area contributed by atoms with Gasteiger partial charge in [0.2, 0.25) is 10.0 Å². The standard InChI is InChI=1S/C18H24ClFN4O2S/c1-12-17(13(2)24(22-12)11-15(20)7-8-21)9-14-5-6-16(10-18(14)19)27(25,26)23(3)4/h5-7,10H,8-9,11,21H2,1-4H3/b15-7-. The predicted molar refractivity (Wildman–Crippen MR) is 105 cm³/mol. The molecule has 0 atom stereocenters. The van der Waals surface area contributed by atoms with Gasteiger partial charge in [-0.3, -0.25) is 4.68 Å². The van der Waals surface area contributed by atoms with Gasteiger partial charge in [-0.05, 0) is 37.6 Å². The molecule has 9 heteroatoms. The molecule has 2 N–H and O–H groups in total. The maximum atomic E-state index is 13.8. The summed E-state index contributed by atoms with van der Waals surface area (Å²) in [5, 5.41) is 4.75. The molecule has 1 heterocycles. The number of aromatic nitrogens is 2. The number of halogens is 2. The van der Waals surface area contributed by atoms with Gasteiger partial charge < -0.3 is 5.73 Å². The van der Waals surface area contributed by atoms with Gasteiger partial charge in [0, 0.05) is 43.3 Å². The monoisotopic (exact) mass is 414 g/mol. The van der Waals surface area contributed by atoms with E-state index in [9.17, 15) is 12.8 Å². The Balaban J connectivity index is 2.33. The maximum absolute atomic E-state index is 13.8. The highest BCUT2D eigenvalue weighted by Crippen LogP contribution is 2.27. The smallest absolute Gasteiger partial charge is 0.242 e. The molecule has 0 unspecified atom stereocenters. The van der Waals surface area contributed by atoms with Gasteiger partial charge in [0.05, 0.1) is 17.1 Å². The van der Waals surface area contributed by atoms with Gasteiger partial charge in [-0.1, -0.05) is 17.7 Å². The van der Waals surface area contributed by atoms with Crippen LogP contribution in [0.3, 0.4) is 0 Å². The minimum Gasteiger partial charge on any atom is -0.327 e. The Labute approximate surface area is 164 Å². The summed E-state index contributed by atoms with van der Waals surface area (Å²) in [6, 6.07) is 4.68. The molecule has 0 aliphatic rings. The SMILES string of the molecule is Cc1nn(C/C(F)=C/CN)c(C)c1Cc1ccc(S(=O)(=O)N(C)C)cc1Cl. The van der Waals surface area contributed by atoms with Crippen molar-refractivity contribution in [3.05, 3.63) is 57.6 Å². The second-order valence-electron chi connectivity index (χ2n) is 6.41. The van der Waals surface area contributed by atoms with Crippen molar-refractivity contribution in [1.82, 2.24) is 14.1 Å². The Morgan fingerprint density at radius 1 is 1.37 bits per heavy atom. The van der Waals surface area contributed by atoms with Crippen LogP contribution in [0.2, 0.25) is 5.02 Å². The van der Waals surface area contributed by atoms with Crippen LogP contribution >= 0.6 is 11.6 Å². The van der Waals surface area contributed by atoms with Crippen molar-refractivity contribution in [3.63, 3.8) is 0 Å². The summed E-state index contributed by atoms with van der Waals surface area (Å²) in [7, 11) is -0.608. The fourth-order valence-corrected chi connectivity index (χ4v) is 3.95. The summed E-state index contributed by atoms with van der Waals surface area (Å²) in [4.78, 5) is 0.138. The Hall–Kier alpha value is -1.74. The summed E-state index contributed by atoms with van der Waals surface area (Å²) in [6.07, 6.45) is 1.79. The Morgan fingerprint density at radius 3 is 2.59 bits per heavy atom. The number of sulfonamides is 1. The Morgan fingerprint density at radius 2 is 2.04 bits per heavy atom. The molecule has 6 nitrogen and oxygen atoms in total. The van der Waals surface area contributed by atoms with Gasteiger partial charge in [0.25, 0.3) is 0 Å². The van der Waals surface area contributed by atoms with Crippen LogP contribution in [0.4, 0.5) is 4.39 Å². The second kappa shape index (κ2) is 8.52. The van der Waals surface area contributed by atoms with E-state index in [2.05, 4.69) is 5.10 Å². The van der Waals surface area contributed by atoms with Crippen LogP contribution in [0, 0.1) is 13.8 Å². The number of hydrogen-bond donors (Lipinski definition) is 1. The lowest BCUT2D eigenvalue weighted by atomic mass is 10.0. The summed E-state index contributed by atoms with van der Waals surface area (Å²) < 4.78 is 40.9. The van der Waals surface area contributed by atoms with Crippen LogP contribution in [0.15, 0.2) is 35.0 Å². The first-order chi connectivity index (χ1) is 12.6. The van der Waals surface area contributed by atoms with Crippen LogP contribution in [0.25, 0.3) is 0 Å². The quantitative estimate of drug-likeness (QED) is 0.755. The van der Waals surface area contributed by atoms with E-state index in [1.807, 2.05) is 13.8 Å². The van der Waals surface area contributed by atoms with Gasteiger partial charge in [-0.2, -0.15) is 5.10 Å². The maximum Gasteiger partial charge on any atom is 0.242 e. The van der Waals surface area contributed by atoms with Crippen LogP contribution in [-0.4, -0.2) is 43.1 Å². The summed E-state index contributed by atoms with van der Waals surface area (Å²) in [5.74, 6) is -0.342. The van der Waals surface area contributed by atoms with Crippen molar-refractivity contribution in [3.8, 4) is 0 Å². The number of aryl methyl sites for hydroxylation is 1. The van der Waals surface area contributed by atoms with Gasteiger partial charge in [-0.25, -0.2) is 17.1 Å². The van der Waals surface area contributed by atoms with Gasteiger partial charge in [-0.15, -0.1) is 0 Å². The number of allylic oxidation sites excluding steroid dienone is 1. The van der Waals surface area contributed by atoms with Gasteiger partial charge in [0.1, 0.15) is 5.83 Å². The lowest BCUT2D eigenvalue weighted by molar-refractivity contribution is 0.517. The first-order valence-electron chi connectivity index (χ1n) is 8.36. The normalized spacial score (nSPS) is 12.8. The third kappa shape index (κ3) is 4.76. The molecule has 0 saturated carbocycles. The third-order valence-corrected chi connectivity index (χ3v) is 6.50. The van der Waals surface area contributed by atoms with Crippen molar-refractivity contribution >= 4 is 21.6 Å². The molecule has 0 fully saturated rings. The number of hydrogen-bond acceptors (Lipinski definition) is 4. The lowest BCUT2D eigenvalue weighted by Gasteiger charge is -2.13. The van der Waals surface area contributed by atoms with E-state index < -0.39 is 10.0 Å². The molecule has 0 aliphatic carbocycles. The van der Waals surface area contributed by atoms with Crippen LogP contribution in [-0.2, 0) is 23.0 Å². The van der Waals surface area contributed by atoms with E-state index in [4.69, 9.17) is 17.3 Å². The van der Waals surface area contributed by atoms with E-state index >= 15 is 0 Å². The molecular formula is C18H24ClFN4O2S. The van der Waals surface area contributed by atoms with Crippen molar-refractivity contribution in [2.75, 3.05) is 20.6 Å². The molecule has 0 spiro atoms. The average Bonchev–Trinajstić information content (AvgIpc) is 2.83. The largest absolute Gasteiger partial charge is 0.327 e. The molecule has 0 bridgehead atoms. The highest BCUT2D eigenvalue weighted by atomic mass is 35.5. The van der Waals surface area contributed by atoms with Gasteiger partial charge in [0.15, 0.2) is 0 Å². The second-order valence-corrected chi connectivity index (χ2v) is 8.97. The van der Waals surface area contributed by atoms with Crippen LogP contribution < -0.4 is 5.73 Å². The highest BCUT2D eigenvalue weighted by molar-refractivity contribution is 7.89. The van der Waals surface area contributed by atoms with E-state index in [-0.39, 0.29) is 23.8 Å². The average molecular weight is 415 g/mol. The summed E-state index contributed by atoms with van der Waals surface area (Å²) in [6.45, 7) is 3.87. The zero-order valence-electron chi connectivity index (χ0n) is 15.8. The molecule has 0 amide bonds. The van der Waals surface area contributed by atoms with Crippen molar-refractivity contribution in [1.29, 1.82) is 0 Å². The molecule has 1 aromatic carbocycles. The molecule has 148 valence electrons. The van der Waals surface area contributed by atoms with Crippen LogP contribution in [0.5, 0.6) is 0 Å². The van der Waals surface area contributed by atoms with E-state index in [1.165, 1.54) is 32.3 Å². The zero-order valence-corrected chi connectivity index (χ0v) is 17.4. The first kappa shape index (κ1) is 21.6. The molecule has 2 aromatic rings. The molecule has 2 rings (SSSR count). The number of benzene rings is 1. The predicted octanol–water partition coefficient (Wildman–Crippen LogP) is 2.81. The van der Waals surface area contributed by atoms with Crippen molar-refractivity contribution in [2.24, 2.45) is 5.73 Å². The van der Waals surface area contributed by atoms with Crippen molar-refractivity contribution < 1.29 is 12.8 Å². The molecule has 0 aliphatic heterocycles. The number of nitrogens with zero attached hydrogens (tertiary/aromatic N) is 3. The zero-order chi connectivity index (χ0) is 20.4. The highest BCUT2D eigenvalue weighted by Gasteiger charge is 2.19. The Bertz CT molecular complexity index is 968. The minimum atomic E-state index is -3.55. The molecule has 1 aromatic heterocycles.